The summed E-state index contributed by atoms with van der Waals surface area (Å²) < 4.78 is 5.17. The summed E-state index contributed by atoms with van der Waals surface area (Å²) in [6, 6.07) is -0.412. The summed E-state index contributed by atoms with van der Waals surface area (Å²) in [5.41, 5.74) is 15.3. The van der Waals surface area contributed by atoms with Gasteiger partial charge in [0.05, 0.1) is 12.1 Å². The van der Waals surface area contributed by atoms with Crippen molar-refractivity contribution in [2.24, 2.45) is 10.8 Å². The minimum Gasteiger partial charge on any atom is -0.376 e. The van der Waals surface area contributed by atoms with Gasteiger partial charge in [0.2, 0.25) is 0 Å². The van der Waals surface area contributed by atoms with Crippen molar-refractivity contribution in [3.8, 4) is 0 Å². The van der Waals surface area contributed by atoms with E-state index < -0.39 is 0 Å². The molecule has 0 heterocycles. The summed E-state index contributed by atoms with van der Waals surface area (Å²) in [6.07, 6.45) is 2.57. The van der Waals surface area contributed by atoms with E-state index in [-0.39, 0.29) is 33.0 Å². The topological polar surface area (TPSA) is 84.0 Å². The highest BCUT2D eigenvalue weighted by Crippen LogP contribution is 2.21. The van der Waals surface area contributed by atoms with E-state index in [0.29, 0.717) is 0 Å². The van der Waals surface area contributed by atoms with Crippen molar-refractivity contribution in [3.05, 3.63) is 22.1 Å². The average Bonchev–Trinajstić information content (AvgIpc) is 2.11. The van der Waals surface area contributed by atoms with Gasteiger partial charge in [0.15, 0.2) is 0 Å². The SMILES string of the molecule is C.C.CO[C@@H]1C=C(C)C[C@@H](N=[N+]=[N-])[C@H]1N. The highest BCUT2D eigenvalue weighted by molar-refractivity contribution is 5.15. The molecule has 0 saturated carbocycles. The molecule has 0 aromatic carbocycles. The number of rotatable bonds is 2. The molecule has 0 aromatic rings. The van der Waals surface area contributed by atoms with Crippen molar-refractivity contribution < 1.29 is 4.74 Å². The van der Waals surface area contributed by atoms with Gasteiger partial charge in [-0.3, -0.25) is 0 Å². The highest BCUT2D eigenvalue weighted by atomic mass is 16.5. The molecule has 0 bridgehead atoms. The van der Waals surface area contributed by atoms with Crippen LogP contribution in [0.2, 0.25) is 0 Å². The summed E-state index contributed by atoms with van der Waals surface area (Å²) in [5.74, 6) is 0. The van der Waals surface area contributed by atoms with Crippen LogP contribution in [-0.4, -0.2) is 25.3 Å². The predicted octanol–water partition coefficient (Wildman–Crippen LogP) is 2.63. The minimum atomic E-state index is -0.232. The Kier molecular flexibility index (Phi) is 7.97. The van der Waals surface area contributed by atoms with Crippen LogP contribution in [0.5, 0.6) is 0 Å². The monoisotopic (exact) mass is 214 g/mol. The van der Waals surface area contributed by atoms with E-state index in [1.54, 1.807) is 7.11 Å². The first-order valence-corrected chi connectivity index (χ1v) is 4.19. The molecule has 2 N–H and O–H groups in total. The molecular weight excluding hydrogens is 192 g/mol. The zero-order valence-corrected chi connectivity index (χ0v) is 7.84. The Morgan fingerprint density at radius 1 is 1.60 bits per heavy atom. The molecule has 3 atom stereocenters. The van der Waals surface area contributed by atoms with Crippen molar-refractivity contribution in [1.82, 2.24) is 0 Å². The van der Waals surface area contributed by atoms with Gasteiger partial charge in [-0.25, -0.2) is 0 Å². The van der Waals surface area contributed by atoms with Gasteiger partial charge >= 0.3 is 0 Å². The minimum absolute atomic E-state index is 0. The van der Waals surface area contributed by atoms with Crippen LogP contribution in [-0.2, 0) is 4.74 Å². The van der Waals surface area contributed by atoms with E-state index in [2.05, 4.69) is 10.0 Å². The summed E-state index contributed by atoms with van der Waals surface area (Å²) in [4.78, 5) is 2.78. The zero-order valence-electron chi connectivity index (χ0n) is 7.84. The first kappa shape index (κ1) is 16.4. The van der Waals surface area contributed by atoms with Gasteiger partial charge in [0.25, 0.3) is 0 Å². The second-order valence-corrected chi connectivity index (χ2v) is 3.27. The first-order valence-electron chi connectivity index (χ1n) is 4.19. The van der Waals surface area contributed by atoms with Gasteiger partial charge in [-0.15, -0.1) is 0 Å². The third kappa shape index (κ3) is 3.91. The third-order valence-corrected chi connectivity index (χ3v) is 2.28. The Morgan fingerprint density at radius 3 is 2.67 bits per heavy atom. The second-order valence-electron chi connectivity index (χ2n) is 3.27. The molecule has 0 aliphatic heterocycles. The Labute approximate surface area is 91.9 Å². The van der Waals surface area contributed by atoms with Gasteiger partial charge in [0, 0.05) is 18.1 Å². The number of nitrogens with zero attached hydrogens (tertiary/aromatic N) is 3. The zero-order chi connectivity index (χ0) is 9.84. The van der Waals surface area contributed by atoms with Crippen LogP contribution >= 0.6 is 0 Å². The van der Waals surface area contributed by atoms with Gasteiger partial charge in [-0.2, -0.15) is 0 Å². The third-order valence-electron chi connectivity index (χ3n) is 2.28. The molecule has 5 nitrogen and oxygen atoms in total. The number of hydrogen-bond acceptors (Lipinski definition) is 3. The molecule has 0 fully saturated rings. The Bertz CT molecular complexity index is 258. The molecule has 0 radical (unpaired) electrons. The number of nitrogens with two attached hydrogens (primary N) is 1. The molecular formula is C10H22N4O. The van der Waals surface area contributed by atoms with Gasteiger partial charge in [-0.05, 0) is 18.9 Å². The maximum atomic E-state index is 8.32. The number of hydrogen-bond donors (Lipinski definition) is 1. The summed E-state index contributed by atoms with van der Waals surface area (Å²) >= 11 is 0. The van der Waals surface area contributed by atoms with E-state index >= 15 is 0 Å². The van der Waals surface area contributed by atoms with E-state index in [1.807, 2.05) is 13.0 Å². The molecule has 0 unspecified atom stereocenters. The van der Waals surface area contributed by atoms with Gasteiger partial charge < -0.3 is 10.5 Å². The number of ether oxygens (including phenoxy) is 1. The predicted molar refractivity (Wildman–Crippen MR) is 63.5 cm³/mol. The molecule has 1 aliphatic rings. The number of azide groups is 1. The molecule has 1 aliphatic carbocycles. The highest BCUT2D eigenvalue weighted by Gasteiger charge is 2.28. The van der Waals surface area contributed by atoms with Crippen LogP contribution in [0, 0.1) is 0 Å². The Morgan fingerprint density at radius 2 is 2.20 bits per heavy atom. The van der Waals surface area contributed by atoms with Crippen LogP contribution in [0.15, 0.2) is 16.8 Å². The lowest BCUT2D eigenvalue weighted by Gasteiger charge is -2.30. The smallest absolute Gasteiger partial charge is 0.0909 e. The fourth-order valence-electron chi connectivity index (χ4n) is 1.55. The van der Waals surface area contributed by atoms with Crippen LogP contribution in [0.4, 0.5) is 0 Å². The lowest BCUT2D eigenvalue weighted by atomic mass is 9.90. The van der Waals surface area contributed by atoms with Crippen LogP contribution in [0.25, 0.3) is 10.4 Å². The lowest BCUT2D eigenvalue weighted by Crippen LogP contribution is -2.46. The molecule has 0 aromatic heterocycles. The van der Waals surface area contributed by atoms with Crippen molar-refractivity contribution in [2.75, 3.05) is 7.11 Å². The quantitative estimate of drug-likeness (QED) is 0.331. The van der Waals surface area contributed by atoms with Crippen LogP contribution in [0.3, 0.4) is 0 Å². The molecule has 1 rings (SSSR count). The van der Waals surface area contributed by atoms with Crippen molar-refractivity contribution in [3.63, 3.8) is 0 Å². The van der Waals surface area contributed by atoms with E-state index in [4.69, 9.17) is 16.0 Å². The Hall–Kier alpha value is -1.03. The summed E-state index contributed by atoms with van der Waals surface area (Å²) in [7, 11) is 1.60. The molecule has 0 saturated heterocycles. The molecule has 5 heteroatoms. The fraction of sp³-hybridized carbons (Fsp3) is 0.800. The van der Waals surface area contributed by atoms with E-state index in [0.717, 1.165) is 12.0 Å². The maximum absolute atomic E-state index is 8.32. The summed E-state index contributed by atoms with van der Waals surface area (Å²) in [6.45, 7) is 1.98. The van der Waals surface area contributed by atoms with Crippen molar-refractivity contribution in [1.29, 1.82) is 0 Å². The number of methoxy groups -OCH3 is 1. The second kappa shape index (κ2) is 7.29. The molecule has 0 spiro atoms. The Balaban J connectivity index is 0. The first-order chi connectivity index (χ1) is 6.19. The van der Waals surface area contributed by atoms with Crippen LogP contribution < -0.4 is 5.73 Å². The van der Waals surface area contributed by atoms with E-state index in [1.165, 1.54) is 0 Å². The fourth-order valence-corrected chi connectivity index (χ4v) is 1.55. The maximum Gasteiger partial charge on any atom is 0.0909 e. The standard InChI is InChI=1S/C8H14N4O.2CH4/c1-5-3-6(11-12-10)8(9)7(4-5)13-2;;/h4,6-8H,3,9H2,1-2H3;2*1H4/t6-,7-,8-;;/m1../s1. The van der Waals surface area contributed by atoms with E-state index in [9.17, 15) is 0 Å². The lowest BCUT2D eigenvalue weighted by molar-refractivity contribution is 0.103. The van der Waals surface area contributed by atoms with Gasteiger partial charge in [0.1, 0.15) is 0 Å². The molecule has 88 valence electrons. The normalized spacial score (nSPS) is 29.0. The average molecular weight is 214 g/mol. The molecule has 0 amide bonds. The summed E-state index contributed by atoms with van der Waals surface area (Å²) in [5, 5.41) is 3.65. The van der Waals surface area contributed by atoms with Gasteiger partial charge in [-0.1, -0.05) is 31.6 Å². The largest absolute Gasteiger partial charge is 0.376 e. The van der Waals surface area contributed by atoms with Crippen molar-refractivity contribution >= 4 is 0 Å². The molecule has 15 heavy (non-hydrogen) atoms. The van der Waals surface area contributed by atoms with Crippen molar-refractivity contribution in [2.45, 2.75) is 46.4 Å². The van der Waals surface area contributed by atoms with Crippen LogP contribution in [0.1, 0.15) is 28.2 Å².